The molecule has 1 aliphatic carbocycles. The number of hydrazine groups is 1. The molecule has 0 saturated heterocycles. The van der Waals surface area contributed by atoms with Crippen molar-refractivity contribution in [2.75, 3.05) is 0 Å². The maximum absolute atomic E-state index is 13.0. The zero-order valence-corrected chi connectivity index (χ0v) is 20.9. The van der Waals surface area contributed by atoms with Gasteiger partial charge < -0.3 is 5.73 Å². The molecule has 2 unspecified atom stereocenters. The molecule has 4 heterocycles. The SMILES string of the molecule is CCC(c1ccc(C(F)(F)F)cc1)n1cc(C2=CC3N=C(N)NN3C(c3cnn(C4CCCC4)c3)=C2)cn1. The normalized spacial score (nSPS) is 20.6. The van der Waals surface area contributed by atoms with Crippen molar-refractivity contribution >= 4 is 17.2 Å². The lowest BCUT2D eigenvalue weighted by Crippen LogP contribution is -2.42. The number of halogens is 3. The fourth-order valence-electron chi connectivity index (χ4n) is 5.53. The Balaban J connectivity index is 1.30. The molecule has 3 aliphatic rings. The predicted octanol–water partition coefficient (Wildman–Crippen LogP) is 5.11. The quantitative estimate of drug-likeness (QED) is 0.470. The van der Waals surface area contributed by atoms with Crippen LogP contribution in [0.3, 0.4) is 0 Å². The van der Waals surface area contributed by atoms with E-state index in [1.54, 1.807) is 10.9 Å². The predicted molar refractivity (Wildman–Crippen MR) is 138 cm³/mol. The molecule has 0 amide bonds. The number of rotatable bonds is 6. The van der Waals surface area contributed by atoms with Gasteiger partial charge in [-0.15, -0.1) is 0 Å². The van der Waals surface area contributed by atoms with E-state index in [1.807, 2.05) is 30.4 Å². The van der Waals surface area contributed by atoms with E-state index < -0.39 is 11.7 Å². The molecule has 3 N–H and O–H groups in total. The van der Waals surface area contributed by atoms with Crippen LogP contribution in [0, 0.1) is 0 Å². The summed E-state index contributed by atoms with van der Waals surface area (Å²) in [6.45, 7) is 1.99. The number of aliphatic imine (C=N–C) groups is 1. The Labute approximate surface area is 218 Å². The van der Waals surface area contributed by atoms with Crippen molar-refractivity contribution < 1.29 is 13.2 Å². The second-order valence-corrected chi connectivity index (χ2v) is 9.96. The molecule has 2 aromatic heterocycles. The maximum Gasteiger partial charge on any atom is 0.416 e. The van der Waals surface area contributed by atoms with Crippen LogP contribution in [0.15, 0.2) is 66.2 Å². The van der Waals surface area contributed by atoms with Gasteiger partial charge in [-0.25, -0.2) is 4.99 Å². The van der Waals surface area contributed by atoms with E-state index >= 15 is 0 Å². The second-order valence-electron chi connectivity index (χ2n) is 9.96. The van der Waals surface area contributed by atoms with Crippen molar-refractivity contribution in [3.05, 3.63) is 83.5 Å². The molecule has 198 valence electrons. The first-order valence-corrected chi connectivity index (χ1v) is 12.9. The molecule has 38 heavy (non-hydrogen) atoms. The molecule has 1 fully saturated rings. The molecule has 2 atom stereocenters. The molecule has 2 aliphatic heterocycles. The van der Waals surface area contributed by atoms with Gasteiger partial charge in [0.25, 0.3) is 0 Å². The first-order chi connectivity index (χ1) is 18.3. The number of aromatic nitrogens is 4. The largest absolute Gasteiger partial charge is 0.416 e. The number of guanidine groups is 1. The zero-order valence-electron chi connectivity index (χ0n) is 20.9. The van der Waals surface area contributed by atoms with Crippen molar-refractivity contribution in [1.82, 2.24) is 30.0 Å². The van der Waals surface area contributed by atoms with E-state index in [2.05, 4.69) is 37.6 Å². The van der Waals surface area contributed by atoms with Gasteiger partial charge in [-0.05, 0) is 54.7 Å². The number of benzene rings is 1. The van der Waals surface area contributed by atoms with Gasteiger partial charge >= 0.3 is 6.18 Å². The van der Waals surface area contributed by atoms with Crippen LogP contribution in [0.2, 0.25) is 0 Å². The fraction of sp³-hybridized carbons (Fsp3) is 0.370. The van der Waals surface area contributed by atoms with Crippen LogP contribution in [0.25, 0.3) is 11.3 Å². The van der Waals surface area contributed by atoms with Gasteiger partial charge in [-0.1, -0.05) is 31.9 Å². The van der Waals surface area contributed by atoms with Gasteiger partial charge in [0.15, 0.2) is 6.17 Å². The Hall–Kier alpha value is -4.02. The van der Waals surface area contributed by atoms with E-state index in [9.17, 15) is 13.2 Å². The van der Waals surface area contributed by atoms with Crippen LogP contribution in [0.4, 0.5) is 13.2 Å². The fourth-order valence-corrected chi connectivity index (χ4v) is 5.53. The smallest absolute Gasteiger partial charge is 0.368 e. The van der Waals surface area contributed by atoms with E-state index in [1.165, 1.54) is 25.0 Å². The van der Waals surface area contributed by atoms with Crippen LogP contribution in [-0.2, 0) is 6.18 Å². The zero-order chi connectivity index (χ0) is 26.4. The molecular formula is C27H29F3N8. The van der Waals surface area contributed by atoms with Crippen LogP contribution < -0.4 is 11.2 Å². The summed E-state index contributed by atoms with van der Waals surface area (Å²) in [5.74, 6) is 0.339. The lowest BCUT2D eigenvalue weighted by molar-refractivity contribution is -0.137. The number of fused-ring (bicyclic) bond motifs is 1. The average Bonchev–Trinajstić information content (AvgIpc) is 3.70. The number of alkyl halides is 3. The van der Waals surface area contributed by atoms with Crippen molar-refractivity contribution in [3.8, 4) is 0 Å². The summed E-state index contributed by atoms with van der Waals surface area (Å²) < 4.78 is 42.9. The van der Waals surface area contributed by atoms with Crippen molar-refractivity contribution in [2.24, 2.45) is 10.7 Å². The third-order valence-corrected chi connectivity index (χ3v) is 7.51. The Kier molecular flexibility index (Phi) is 6.00. The molecule has 11 heteroatoms. The first kappa shape index (κ1) is 24.3. The Morgan fingerprint density at radius 3 is 2.50 bits per heavy atom. The molecule has 3 aromatic rings. The minimum atomic E-state index is -4.36. The van der Waals surface area contributed by atoms with Crippen LogP contribution in [0.1, 0.15) is 73.4 Å². The van der Waals surface area contributed by atoms with Crippen molar-refractivity contribution in [2.45, 2.75) is 63.5 Å². The van der Waals surface area contributed by atoms with Crippen molar-refractivity contribution in [1.29, 1.82) is 0 Å². The molecule has 0 spiro atoms. The van der Waals surface area contributed by atoms with Gasteiger partial charge in [-0.3, -0.25) is 19.8 Å². The van der Waals surface area contributed by atoms with Gasteiger partial charge in [0.1, 0.15) is 0 Å². The van der Waals surface area contributed by atoms with Gasteiger partial charge in [0, 0.05) is 23.5 Å². The monoisotopic (exact) mass is 522 g/mol. The molecule has 8 nitrogen and oxygen atoms in total. The van der Waals surface area contributed by atoms with E-state index in [0.717, 1.165) is 52.9 Å². The maximum atomic E-state index is 13.0. The van der Waals surface area contributed by atoms with Crippen LogP contribution in [-0.4, -0.2) is 36.7 Å². The molecule has 0 bridgehead atoms. The highest BCUT2D eigenvalue weighted by molar-refractivity contribution is 5.89. The second kappa shape index (κ2) is 9.38. The van der Waals surface area contributed by atoms with Crippen LogP contribution >= 0.6 is 0 Å². The van der Waals surface area contributed by atoms with Gasteiger partial charge in [-0.2, -0.15) is 23.4 Å². The summed E-state index contributed by atoms with van der Waals surface area (Å²) in [4.78, 5) is 4.53. The highest BCUT2D eigenvalue weighted by atomic mass is 19.4. The molecule has 0 radical (unpaired) electrons. The van der Waals surface area contributed by atoms with Gasteiger partial charge in [0.2, 0.25) is 5.96 Å². The standard InChI is InChI=1S/C27H29F3N8/c1-2-23(17-7-9-21(10-8-17)27(28,29)30)37-15-19(13-33-37)18-11-24(38-25(12-18)34-26(31)35-38)20-14-32-36(16-20)22-5-3-4-6-22/h7-16,22-23,25H,2-6H2,1H3,(H3,31,34,35). The molecule has 1 saturated carbocycles. The van der Waals surface area contributed by atoms with Gasteiger partial charge in [0.05, 0.1) is 35.7 Å². The summed E-state index contributed by atoms with van der Waals surface area (Å²) in [5, 5.41) is 11.2. The number of hydrogen-bond donors (Lipinski definition) is 2. The molecule has 1 aromatic carbocycles. The summed E-state index contributed by atoms with van der Waals surface area (Å²) >= 11 is 0. The number of nitrogens with one attached hydrogen (secondary N) is 1. The summed E-state index contributed by atoms with van der Waals surface area (Å²) in [6.07, 6.45) is 12.5. The average molecular weight is 523 g/mol. The molecular weight excluding hydrogens is 493 g/mol. The summed E-state index contributed by atoms with van der Waals surface area (Å²) in [5.41, 5.74) is 13.0. The summed E-state index contributed by atoms with van der Waals surface area (Å²) in [7, 11) is 0. The number of nitrogens with two attached hydrogens (primary N) is 1. The van der Waals surface area contributed by atoms with E-state index in [4.69, 9.17) is 5.73 Å². The highest BCUT2D eigenvalue weighted by Crippen LogP contribution is 2.36. The highest BCUT2D eigenvalue weighted by Gasteiger charge is 2.32. The Bertz CT molecular complexity index is 1410. The third kappa shape index (κ3) is 4.46. The minimum absolute atomic E-state index is 0.193. The first-order valence-electron chi connectivity index (χ1n) is 12.9. The lowest BCUT2D eigenvalue weighted by atomic mass is 10.0. The number of nitrogens with zero attached hydrogens (tertiary/aromatic N) is 6. The lowest BCUT2D eigenvalue weighted by Gasteiger charge is -2.29. The van der Waals surface area contributed by atoms with E-state index in [0.29, 0.717) is 18.4 Å². The van der Waals surface area contributed by atoms with Crippen molar-refractivity contribution in [3.63, 3.8) is 0 Å². The molecule has 6 rings (SSSR count). The van der Waals surface area contributed by atoms with E-state index in [-0.39, 0.29) is 12.2 Å². The Morgan fingerprint density at radius 1 is 1.05 bits per heavy atom. The number of hydrogen-bond acceptors (Lipinski definition) is 6. The topological polar surface area (TPSA) is 89.3 Å². The Morgan fingerprint density at radius 2 is 1.79 bits per heavy atom. The summed E-state index contributed by atoms with van der Waals surface area (Å²) in [6, 6.07) is 5.53. The minimum Gasteiger partial charge on any atom is -0.368 e. The third-order valence-electron chi connectivity index (χ3n) is 7.51. The number of allylic oxidation sites excluding steroid dienone is 2. The van der Waals surface area contributed by atoms with Crippen LogP contribution in [0.5, 0.6) is 0 Å².